The molecule has 1 N–H and O–H groups in total. The Balaban J connectivity index is 1.41. The Hall–Kier alpha value is -4.20. The average Bonchev–Trinajstić information content (AvgIpc) is 3.20. The largest absolute Gasteiger partial charge is 0.489 e. The number of thiocarbonyl (C=S) groups is 1. The van der Waals surface area contributed by atoms with E-state index in [9.17, 15) is 9.59 Å². The molecule has 3 aromatic carbocycles. The molecule has 1 aliphatic rings. The van der Waals surface area contributed by atoms with Gasteiger partial charge in [-0.05, 0) is 117 Å². The van der Waals surface area contributed by atoms with Crippen LogP contribution in [-0.2, 0) is 16.2 Å². The number of amides is 2. The number of hydrogen-bond acceptors (Lipinski definition) is 4. The quantitative estimate of drug-likeness (QED) is 0.158. The van der Waals surface area contributed by atoms with Gasteiger partial charge in [0, 0.05) is 22.1 Å². The maximum absolute atomic E-state index is 13.6. The maximum Gasteiger partial charge on any atom is 0.270 e. The Labute approximate surface area is 243 Å². The topological polar surface area (TPSA) is 63.6 Å². The van der Waals surface area contributed by atoms with Crippen LogP contribution in [-0.4, -0.2) is 21.5 Å². The molecule has 0 saturated carbocycles. The molecule has 0 aliphatic carbocycles. The summed E-state index contributed by atoms with van der Waals surface area (Å²) in [6.07, 6.45) is 1.64. The van der Waals surface area contributed by atoms with Gasteiger partial charge in [0.25, 0.3) is 11.8 Å². The molecule has 0 radical (unpaired) electrons. The highest BCUT2D eigenvalue weighted by atomic mass is 35.5. The molecule has 2 heterocycles. The van der Waals surface area contributed by atoms with E-state index in [1.807, 2.05) is 100 Å². The van der Waals surface area contributed by atoms with E-state index in [-0.39, 0.29) is 10.7 Å². The first-order valence-corrected chi connectivity index (χ1v) is 13.6. The molecule has 4 aromatic rings. The van der Waals surface area contributed by atoms with Gasteiger partial charge in [0.1, 0.15) is 17.9 Å². The number of benzene rings is 3. The van der Waals surface area contributed by atoms with Crippen LogP contribution in [0.2, 0.25) is 5.02 Å². The normalized spacial score (nSPS) is 14.6. The predicted octanol–water partition coefficient (Wildman–Crippen LogP) is 6.77. The van der Waals surface area contributed by atoms with Gasteiger partial charge >= 0.3 is 0 Å². The third-order valence-electron chi connectivity index (χ3n) is 6.89. The number of carbonyl (C=O) groups is 2. The number of aromatic nitrogens is 1. The Morgan fingerprint density at radius 2 is 1.62 bits per heavy atom. The van der Waals surface area contributed by atoms with Crippen molar-refractivity contribution >= 4 is 52.5 Å². The molecule has 0 atom stereocenters. The molecule has 6 nitrogen and oxygen atoms in total. The molecule has 8 heteroatoms. The van der Waals surface area contributed by atoms with E-state index in [0.717, 1.165) is 45.1 Å². The van der Waals surface area contributed by atoms with Crippen molar-refractivity contribution in [3.05, 3.63) is 117 Å². The second-order valence-corrected chi connectivity index (χ2v) is 10.6. The number of nitrogens with zero attached hydrogens (tertiary/aromatic N) is 2. The van der Waals surface area contributed by atoms with Crippen molar-refractivity contribution in [1.29, 1.82) is 0 Å². The number of halogens is 1. The van der Waals surface area contributed by atoms with Crippen molar-refractivity contribution < 1.29 is 14.3 Å². The summed E-state index contributed by atoms with van der Waals surface area (Å²) in [6, 6.07) is 23.1. The summed E-state index contributed by atoms with van der Waals surface area (Å²) in [7, 11) is 0. The lowest BCUT2D eigenvalue weighted by molar-refractivity contribution is -0.122. The van der Waals surface area contributed by atoms with Gasteiger partial charge < -0.3 is 9.30 Å². The lowest BCUT2D eigenvalue weighted by Crippen LogP contribution is -2.54. The van der Waals surface area contributed by atoms with Gasteiger partial charge in [-0.25, -0.2) is 0 Å². The minimum Gasteiger partial charge on any atom is -0.489 e. The summed E-state index contributed by atoms with van der Waals surface area (Å²) in [4.78, 5) is 27.9. The van der Waals surface area contributed by atoms with E-state index in [1.54, 1.807) is 6.08 Å². The minimum absolute atomic E-state index is 0.0284. The van der Waals surface area contributed by atoms with Crippen LogP contribution >= 0.6 is 23.8 Å². The summed E-state index contributed by atoms with van der Waals surface area (Å²) < 4.78 is 8.00. The monoisotopic (exact) mass is 569 g/mol. The minimum atomic E-state index is -0.511. The van der Waals surface area contributed by atoms with Crippen LogP contribution in [0.5, 0.6) is 5.75 Å². The van der Waals surface area contributed by atoms with Crippen LogP contribution in [0, 0.1) is 27.7 Å². The lowest BCUT2D eigenvalue weighted by atomic mass is 10.0. The van der Waals surface area contributed by atoms with Gasteiger partial charge in [-0.1, -0.05) is 35.9 Å². The van der Waals surface area contributed by atoms with Crippen molar-refractivity contribution in [2.24, 2.45) is 0 Å². The number of ether oxygens (including phenoxy) is 1. The second kappa shape index (κ2) is 11.1. The van der Waals surface area contributed by atoms with Gasteiger partial charge in [0.05, 0.1) is 5.69 Å². The molecule has 1 aliphatic heterocycles. The fourth-order valence-corrected chi connectivity index (χ4v) is 5.16. The molecule has 5 rings (SSSR count). The predicted molar refractivity (Wildman–Crippen MR) is 163 cm³/mol. The van der Waals surface area contributed by atoms with Gasteiger partial charge in [-0.15, -0.1) is 0 Å². The fraction of sp³-hybridized carbons (Fsp3) is 0.156. The van der Waals surface area contributed by atoms with E-state index < -0.39 is 11.8 Å². The molecule has 0 spiro atoms. The molecule has 40 heavy (non-hydrogen) atoms. The van der Waals surface area contributed by atoms with Gasteiger partial charge in [-0.3, -0.25) is 19.8 Å². The first-order valence-electron chi connectivity index (χ1n) is 12.8. The molecule has 0 unspecified atom stereocenters. The smallest absolute Gasteiger partial charge is 0.270 e. The highest BCUT2D eigenvalue weighted by Gasteiger charge is 2.35. The third kappa shape index (κ3) is 5.43. The SMILES string of the molecule is Cc1ccc(C)c(N2C(=O)/C(=C/c3cc(C)n(-c4ccc(OCc5ccc(Cl)cc5)cc4)c3C)C(=O)NC2=S)c1. The summed E-state index contributed by atoms with van der Waals surface area (Å²) in [5, 5.41) is 3.45. The van der Waals surface area contributed by atoms with Crippen LogP contribution < -0.4 is 15.0 Å². The number of carbonyl (C=O) groups excluding carboxylic acids is 2. The van der Waals surface area contributed by atoms with E-state index in [1.165, 1.54) is 4.90 Å². The Morgan fingerprint density at radius 3 is 2.33 bits per heavy atom. The molecule has 1 fully saturated rings. The number of nitrogens with one attached hydrogen (secondary N) is 1. The maximum atomic E-state index is 13.6. The van der Waals surface area contributed by atoms with Crippen LogP contribution in [0.3, 0.4) is 0 Å². The molecule has 2 amide bonds. The summed E-state index contributed by atoms with van der Waals surface area (Å²) >= 11 is 11.3. The fourth-order valence-electron chi connectivity index (χ4n) is 4.76. The highest BCUT2D eigenvalue weighted by Crippen LogP contribution is 2.29. The molecule has 0 bridgehead atoms. The highest BCUT2D eigenvalue weighted by molar-refractivity contribution is 7.80. The van der Waals surface area contributed by atoms with Crippen LogP contribution in [0.25, 0.3) is 11.8 Å². The Bertz CT molecular complexity index is 1670. The van der Waals surface area contributed by atoms with Gasteiger partial charge in [0.15, 0.2) is 5.11 Å². The van der Waals surface area contributed by atoms with Crippen LogP contribution in [0.15, 0.2) is 78.4 Å². The van der Waals surface area contributed by atoms with Gasteiger partial charge in [-0.2, -0.15) is 0 Å². The van der Waals surface area contributed by atoms with E-state index in [0.29, 0.717) is 17.3 Å². The summed E-state index contributed by atoms with van der Waals surface area (Å²) in [5.41, 5.74) is 7.16. The first-order chi connectivity index (χ1) is 19.1. The Morgan fingerprint density at radius 1 is 0.925 bits per heavy atom. The van der Waals surface area contributed by atoms with Crippen molar-refractivity contribution in [2.45, 2.75) is 34.3 Å². The zero-order valence-electron chi connectivity index (χ0n) is 22.6. The van der Waals surface area contributed by atoms with E-state index >= 15 is 0 Å². The Kier molecular flexibility index (Phi) is 7.61. The average molecular weight is 570 g/mol. The lowest BCUT2D eigenvalue weighted by Gasteiger charge is -2.30. The zero-order valence-corrected chi connectivity index (χ0v) is 24.2. The van der Waals surface area contributed by atoms with Crippen molar-refractivity contribution in [3.63, 3.8) is 0 Å². The first kappa shape index (κ1) is 27.4. The molecular weight excluding hydrogens is 542 g/mol. The third-order valence-corrected chi connectivity index (χ3v) is 7.43. The van der Waals surface area contributed by atoms with Crippen molar-refractivity contribution in [1.82, 2.24) is 9.88 Å². The van der Waals surface area contributed by atoms with Gasteiger partial charge in [0.2, 0.25) is 0 Å². The second-order valence-electron chi connectivity index (χ2n) is 9.82. The molecule has 1 aromatic heterocycles. The van der Waals surface area contributed by atoms with Crippen molar-refractivity contribution in [3.8, 4) is 11.4 Å². The zero-order chi connectivity index (χ0) is 28.6. The van der Waals surface area contributed by atoms with Crippen LogP contribution in [0.1, 0.15) is 33.6 Å². The van der Waals surface area contributed by atoms with Crippen molar-refractivity contribution in [2.75, 3.05) is 4.90 Å². The summed E-state index contributed by atoms with van der Waals surface area (Å²) in [5.74, 6) is -0.214. The van der Waals surface area contributed by atoms with E-state index in [4.69, 9.17) is 28.6 Å². The van der Waals surface area contributed by atoms with Crippen LogP contribution in [0.4, 0.5) is 5.69 Å². The molecular formula is C32H28ClN3O3S. The van der Waals surface area contributed by atoms with E-state index in [2.05, 4.69) is 9.88 Å². The number of hydrogen-bond donors (Lipinski definition) is 1. The molecule has 1 saturated heterocycles. The molecule has 202 valence electrons. The number of aryl methyl sites for hydroxylation is 3. The standard InChI is InChI=1S/C32H28ClN3O3S/c1-19-5-6-20(2)29(15-19)36-31(38)28(30(37)34-32(36)40)17-24-16-21(3)35(22(24)4)26-11-13-27(14-12-26)39-18-23-7-9-25(33)10-8-23/h5-17H,18H2,1-4H3,(H,34,37,40)/b28-17+. The number of rotatable bonds is 6. The number of anilines is 1. The summed E-state index contributed by atoms with van der Waals surface area (Å²) in [6.45, 7) is 8.24.